The molecule has 26 heavy (non-hydrogen) atoms. The van der Waals surface area contributed by atoms with Crippen LogP contribution in [0.15, 0.2) is 21.7 Å². The van der Waals surface area contributed by atoms with Crippen LogP contribution >= 0.6 is 11.3 Å². The molecule has 0 bridgehead atoms. The maximum Gasteiger partial charge on any atom is 0.306 e. The van der Waals surface area contributed by atoms with E-state index in [2.05, 4.69) is 15.1 Å². The van der Waals surface area contributed by atoms with Crippen LogP contribution in [0.5, 0.6) is 0 Å². The van der Waals surface area contributed by atoms with E-state index in [9.17, 15) is 22.8 Å². The maximum absolute atomic E-state index is 14.5. The second-order valence-electron chi connectivity index (χ2n) is 6.01. The van der Waals surface area contributed by atoms with Crippen LogP contribution in [0.2, 0.25) is 0 Å². The molecule has 4 aromatic rings. The zero-order chi connectivity index (χ0) is 18.7. The lowest BCUT2D eigenvalue weighted by molar-refractivity contribution is 0.449. The fourth-order valence-corrected chi connectivity index (χ4v) is 3.75. The lowest BCUT2D eigenvalue weighted by Gasteiger charge is -2.10. The zero-order valence-corrected chi connectivity index (χ0v) is 14.3. The summed E-state index contributed by atoms with van der Waals surface area (Å²) in [4.78, 5) is 30.7. The summed E-state index contributed by atoms with van der Waals surface area (Å²) in [7, 11) is 0. The van der Waals surface area contributed by atoms with E-state index in [0.717, 1.165) is 12.1 Å². The van der Waals surface area contributed by atoms with Crippen LogP contribution in [0.3, 0.4) is 0 Å². The summed E-state index contributed by atoms with van der Waals surface area (Å²) in [6.45, 7) is 3.60. The number of hydrogen-bond donors (Lipinski definition) is 2. The van der Waals surface area contributed by atoms with Crippen molar-refractivity contribution in [2.75, 3.05) is 0 Å². The molecule has 0 saturated heterocycles. The predicted molar refractivity (Wildman–Crippen MR) is 92.1 cm³/mol. The van der Waals surface area contributed by atoms with Gasteiger partial charge in [0, 0.05) is 17.2 Å². The third-order valence-electron chi connectivity index (χ3n) is 4.05. The Balaban J connectivity index is 2.28. The van der Waals surface area contributed by atoms with Crippen LogP contribution in [0, 0.1) is 17.5 Å². The Morgan fingerprint density at radius 2 is 1.88 bits per heavy atom. The van der Waals surface area contributed by atoms with Crippen molar-refractivity contribution in [2.24, 2.45) is 0 Å². The zero-order valence-electron chi connectivity index (χ0n) is 13.5. The summed E-state index contributed by atoms with van der Waals surface area (Å²) in [6.07, 6.45) is 0. The van der Waals surface area contributed by atoms with Gasteiger partial charge in [0.15, 0.2) is 28.7 Å². The highest BCUT2D eigenvalue weighted by Crippen LogP contribution is 2.36. The molecule has 2 N–H and O–H groups in total. The smallest absolute Gasteiger partial charge is 0.297 e. The monoisotopic (exact) mass is 380 g/mol. The number of aromatic amines is 2. The van der Waals surface area contributed by atoms with E-state index in [4.69, 9.17) is 0 Å². The van der Waals surface area contributed by atoms with Gasteiger partial charge in [0.25, 0.3) is 5.56 Å². The fraction of sp³-hybridized carbons (Fsp3) is 0.188. The Hall–Kier alpha value is -2.88. The van der Waals surface area contributed by atoms with Gasteiger partial charge in [0.1, 0.15) is 0 Å². The molecule has 0 amide bonds. The molecule has 0 aliphatic heterocycles. The van der Waals surface area contributed by atoms with Gasteiger partial charge in [-0.1, -0.05) is 11.3 Å². The van der Waals surface area contributed by atoms with Crippen molar-refractivity contribution in [3.8, 4) is 11.1 Å². The number of halogens is 3. The molecule has 1 aromatic carbocycles. The first kappa shape index (κ1) is 16.6. The van der Waals surface area contributed by atoms with Crippen molar-refractivity contribution in [1.29, 1.82) is 0 Å². The summed E-state index contributed by atoms with van der Waals surface area (Å²) in [5.74, 6) is -4.43. The number of H-pyrrole nitrogens is 2. The SMILES string of the molecule is CC(C)n1[nH]c(=O)c2c(-c3ccc(F)c(F)c3F)c3sc(=O)[nH]c3nc21. The van der Waals surface area contributed by atoms with Crippen molar-refractivity contribution in [1.82, 2.24) is 19.7 Å². The van der Waals surface area contributed by atoms with Gasteiger partial charge in [0.05, 0.1) is 10.1 Å². The molecule has 0 aliphatic carbocycles. The van der Waals surface area contributed by atoms with Gasteiger partial charge in [-0.15, -0.1) is 0 Å². The maximum atomic E-state index is 14.5. The first-order valence-corrected chi connectivity index (χ1v) is 8.42. The quantitative estimate of drug-likeness (QED) is 0.524. The number of aromatic nitrogens is 4. The van der Waals surface area contributed by atoms with E-state index in [-0.39, 0.29) is 38.5 Å². The average Bonchev–Trinajstić information content (AvgIpc) is 3.11. The van der Waals surface area contributed by atoms with Crippen molar-refractivity contribution >= 4 is 32.7 Å². The van der Waals surface area contributed by atoms with Crippen molar-refractivity contribution in [3.05, 3.63) is 49.6 Å². The minimum Gasteiger partial charge on any atom is -0.297 e. The minimum atomic E-state index is -1.65. The van der Waals surface area contributed by atoms with E-state index >= 15 is 0 Å². The highest BCUT2D eigenvalue weighted by molar-refractivity contribution is 7.17. The summed E-state index contributed by atoms with van der Waals surface area (Å²) >= 11 is 0.715. The second-order valence-corrected chi connectivity index (χ2v) is 6.99. The second kappa shape index (κ2) is 5.56. The van der Waals surface area contributed by atoms with Crippen LogP contribution in [0.4, 0.5) is 13.2 Å². The first-order valence-electron chi connectivity index (χ1n) is 7.60. The van der Waals surface area contributed by atoms with Crippen LogP contribution in [-0.4, -0.2) is 19.7 Å². The van der Waals surface area contributed by atoms with Gasteiger partial charge in [-0.2, -0.15) is 0 Å². The molecular weight excluding hydrogens is 369 g/mol. The fourth-order valence-electron chi connectivity index (χ4n) is 2.91. The van der Waals surface area contributed by atoms with Crippen LogP contribution in [0.1, 0.15) is 19.9 Å². The molecular formula is C16H11F3N4O2S. The number of fused-ring (bicyclic) bond motifs is 2. The number of nitrogens with one attached hydrogen (secondary N) is 2. The van der Waals surface area contributed by atoms with Crippen LogP contribution in [0.25, 0.3) is 32.5 Å². The number of benzene rings is 1. The number of thiazole rings is 1. The van der Waals surface area contributed by atoms with Gasteiger partial charge in [0.2, 0.25) is 0 Å². The van der Waals surface area contributed by atoms with Crippen LogP contribution in [-0.2, 0) is 0 Å². The van der Waals surface area contributed by atoms with Crippen molar-refractivity contribution in [2.45, 2.75) is 19.9 Å². The molecule has 10 heteroatoms. The topological polar surface area (TPSA) is 83.5 Å². The van der Waals surface area contributed by atoms with E-state index < -0.39 is 27.9 Å². The van der Waals surface area contributed by atoms with E-state index in [1.807, 2.05) is 0 Å². The molecule has 0 saturated carbocycles. The molecule has 0 fully saturated rings. The number of rotatable bonds is 2. The van der Waals surface area contributed by atoms with Crippen LogP contribution < -0.4 is 10.4 Å². The Morgan fingerprint density at radius 1 is 1.15 bits per heavy atom. The third-order valence-corrected chi connectivity index (χ3v) is 4.94. The molecule has 6 nitrogen and oxygen atoms in total. The summed E-state index contributed by atoms with van der Waals surface area (Å²) in [5, 5.41) is 2.61. The molecule has 134 valence electrons. The van der Waals surface area contributed by atoms with Gasteiger partial charge in [-0.05, 0) is 26.0 Å². The van der Waals surface area contributed by atoms with Crippen molar-refractivity contribution < 1.29 is 13.2 Å². The largest absolute Gasteiger partial charge is 0.306 e. The molecule has 4 rings (SSSR count). The lowest BCUT2D eigenvalue weighted by Crippen LogP contribution is -2.08. The number of nitrogens with zero attached hydrogens (tertiary/aromatic N) is 2. The Labute approximate surface area is 146 Å². The average molecular weight is 380 g/mol. The molecule has 3 heterocycles. The lowest BCUT2D eigenvalue weighted by atomic mass is 10.0. The first-order chi connectivity index (χ1) is 12.3. The number of hydrogen-bond acceptors (Lipinski definition) is 4. The molecule has 0 unspecified atom stereocenters. The number of pyridine rings is 1. The van der Waals surface area contributed by atoms with Gasteiger partial charge >= 0.3 is 4.87 Å². The standard InChI is InChI=1S/C16H11F3N4O2S/c1-5(2)23-14-9(15(24)22-23)8(12-13(20-14)21-16(25)26-12)6-3-4-7(17)11(19)10(6)18/h3-5H,1-2H3,(H,22,24)(H,20,21,25). The minimum absolute atomic E-state index is 0.00500. The Kier molecular flexibility index (Phi) is 3.55. The van der Waals surface area contributed by atoms with Gasteiger partial charge in [-0.3, -0.25) is 24.4 Å². The molecule has 0 atom stereocenters. The van der Waals surface area contributed by atoms with Crippen molar-refractivity contribution in [3.63, 3.8) is 0 Å². The van der Waals surface area contributed by atoms with Gasteiger partial charge in [-0.25, -0.2) is 18.2 Å². The predicted octanol–water partition coefficient (Wildman–Crippen LogP) is 3.29. The van der Waals surface area contributed by atoms with Gasteiger partial charge < -0.3 is 0 Å². The van der Waals surface area contributed by atoms with E-state index in [0.29, 0.717) is 11.3 Å². The molecule has 0 radical (unpaired) electrons. The normalized spacial score (nSPS) is 11.9. The Morgan fingerprint density at radius 3 is 2.58 bits per heavy atom. The molecule has 0 aliphatic rings. The molecule has 0 spiro atoms. The Bertz CT molecular complexity index is 1300. The summed E-state index contributed by atoms with van der Waals surface area (Å²) in [5.41, 5.74) is -0.553. The van der Waals surface area contributed by atoms with E-state index in [1.54, 1.807) is 13.8 Å². The highest BCUT2D eigenvalue weighted by Gasteiger charge is 2.25. The summed E-state index contributed by atoms with van der Waals surface area (Å²) < 4.78 is 43.3. The summed E-state index contributed by atoms with van der Waals surface area (Å²) in [6, 6.07) is 1.63. The third kappa shape index (κ3) is 2.22. The van der Waals surface area contributed by atoms with E-state index in [1.165, 1.54) is 4.68 Å². The highest BCUT2D eigenvalue weighted by atomic mass is 32.1. The molecule has 3 aromatic heterocycles.